The number of carbonyl (C=O) groups is 2. The molecule has 79 valence electrons. The van der Waals surface area contributed by atoms with E-state index >= 15 is 0 Å². The lowest BCUT2D eigenvalue weighted by atomic mass is 10.2. The SMILES string of the molecule is O=C(O)[CH]NC(=O)OCc1ccccc1. The van der Waals surface area contributed by atoms with Gasteiger partial charge in [-0.05, 0) is 5.56 Å². The summed E-state index contributed by atoms with van der Waals surface area (Å²) >= 11 is 0. The number of carbonyl (C=O) groups excluding carboxylic acids is 1. The molecule has 0 fully saturated rings. The molecule has 5 heteroatoms. The van der Waals surface area contributed by atoms with E-state index in [4.69, 9.17) is 9.84 Å². The van der Waals surface area contributed by atoms with Crippen LogP contribution in [0.2, 0.25) is 0 Å². The topological polar surface area (TPSA) is 75.6 Å². The number of carboxylic acid groups (broad SMARTS) is 1. The highest BCUT2D eigenvalue weighted by Gasteiger charge is 2.04. The lowest BCUT2D eigenvalue weighted by Gasteiger charge is -2.04. The number of rotatable bonds is 4. The minimum absolute atomic E-state index is 0.111. The van der Waals surface area contributed by atoms with Crippen molar-refractivity contribution in [1.82, 2.24) is 5.32 Å². The van der Waals surface area contributed by atoms with Gasteiger partial charge in [-0.1, -0.05) is 30.3 Å². The maximum atomic E-state index is 10.9. The van der Waals surface area contributed by atoms with E-state index in [2.05, 4.69) is 0 Å². The molecule has 1 aromatic rings. The molecular weight excluding hydrogens is 198 g/mol. The van der Waals surface area contributed by atoms with Crippen molar-refractivity contribution < 1.29 is 19.4 Å². The average Bonchev–Trinajstić information content (AvgIpc) is 2.25. The van der Waals surface area contributed by atoms with Gasteiger partial charge in [-0.3, -0.25) is 0 Å². The first-order valence-corrected chi connectivity index (χ1v) is 4.22. The number of benzene rings is 1. The van der Waals surface area contributed by atoms with Gasteiger partial charge in [0, 0.05) is 0 Å². The molecule has 0 spiro atoms. The molecule has 1 aromatic carbocycles. The Bertz CT molecular complexity index is 337. The van der Waals surface area contributed by atoms with Gasteiger partial charge in [0.25, 0.3) is 0 Å². The van der Waals surface area contributed by atoms with Crippen LogP contribution in [-0.4, -0.2) is 17.2 Å². The molecule has 5 nitrogen and oxygen atoms in total. The van der Waals surface area contributed by atoms with Crippen LogP contribution in [0, 0.1) is 6.54 Å². The summed E-state index contributed by atoms with van der Waals surface area (Å²) in [5.74, 6) is -1.23. The molecule has 0 aliphatic rings. The molecular formula is C10H10NO4. The van der Waals surface area contributed by atoms with Crippen LogP contribution in [0.3, 0.4) is 0 Å². The molecule has 0 aliphatic carbocycles. The largest absolute Gasteiger partial charge is 0.480 e. The third-order valence-corrected chi connectivity index (χ3v) is 1.53. The van der Waals surface area contributed by atoms with E-state index in [1.54, 1.807) is 12.1 Å². The summed E-state index contributed by atoms with van der Waals surface area (Å²) in [6.07, 6.45) is -0.791. The van der Waals surface area contributed by atoms with E-state index in [0.29, 0.717) is 6.54 Å². The van der Waals surface area contributed by atoms with E-state index in [-0.39, 0.29) is 6.61 Å². The zero-order chi connectivity index (χ0) is 11.1. The van der Waals surface area contributed by atoms with Crippen LogP contribution in [0.25, 0.3) is 0 Å². The summed E-state index contributed by atoms with van der Waals surface area (Å²) in [4.78, 5) is 20.9. The first kappa shape index (κ1) is 11.0. The lowest BCUT2D eigenvalue weighted by Crippen LogP contribution is -2.25. The molecule has 1 amide bonds. The van der Waals surface area contributed by atoms with Crippen LogP contribution in [0.4, 0.5) is 4.79 Å². The van der Waals surface area contributed by atoms with Gasteiger partial charge in [-0.15, -0.1) is 0 Å². The molecule has 0 saturated heterocycles. The Morgan fingerprint density at radius 2 is 2.00 bits per heavy atom. The van der Waals surface area contributed by atoms with Crippen LogP contribution in [-0.2, 0) is 16.1 Å². The van der Waals surface area contributed by atoms with Crippen LogP contribution in [0.1, 0.15) is 5.56 Å². The third kappa shape index (κ3) is 4.66. The number of alkyl carbamates (subject to hydrolysis) is 1. The highest BCUT2D eigenvalue weighted by molar-refractivity contribution is 5.81. The molecule has 2 N–H and O–H groups in total. The van der Waals surface area contributed by atoms with Gasteiger partial charge < -0.3 is 15.2 Å². The normalized spacial score (nSPS) is 9.33. The summed E-state index contributed by atoms with van der Waals surface area (Å²) < 4.78 is 4.73. The fourth-order valence-corrected chi connectivity index (χ4v) is 0.885. The van der Waals surface area contributed by atoms with Crippen molar-refractivity contribution in [3.8, 4) is 0 Å². The number of aliphatic carboxylic acids is 1. The summed E-state index contributed by atoms with van der Waals surface area (Å²) in [5, 5.41) is 10.2. The van der Waals surface area contributed by atoms with E-state index in [1.165, 1.54) is 0 Å². The maximum Gasteiger partial charge on any atom is 0.408 e. The zero-order valence-electron chi connectivity index (χ0n) is 7.84. The Balaban J connectivity index is 2.26. The van der Waals surface area contributed by atoms with Gasteiger partial charge in [-0.25, -0.2) is 9.59 Å². The second kappa shape index (κ2) is 5.64. The molecule has 15 heavy (non-hydrogen) atoms. The highest BCUT2D eigenvalue weighted by Crippen LogP contribution is 2.00. The maximum absolute atomic E-state index is 10.9. The monoisotopic (exact) mass is 208 g/mol. The van der Waals surface area contributed by atoms with Crippen LogP contribution in [0.5, 0.6) is 0 Å². The number of hydrogen-bond acceptors (Lipinski definition) is 3. The number of hydrogen-bond donors (Lipinski definition) is 2. The van der Waals surface area contributed by atoms with Crippen molar-refractivity contribution in [3.05, 3.63) is 42.4 Å². The smallest absolute Gasteiger partial charge is 0.408 e. The zero-order valence-corrected chi connectivity index (χ0v) is 7.84. The molecule has 0 aliphatic heterocycles. The second-order valence-electron chi connectivity index (χ2n) is 2.69. The molecule has 1 radical (unpaired) electrons. The molecule has 0 aromatic heterocycles. The van der Waals surface area contributed by atoms with E-state index in [0.717, 1.165) is 5.56 Å². The Hall–Kier alpha value is -2.04. The Morgan fingerprint density at radius 1 is 1.33 bits per heavy atom. The first-order chi connectivity index (χ1) is 7.18. The summed E-state index contributed by atoms with van der Waals surface area (Å²) in [6.45, 7) is 0.730. The Labute approximate surface area is 86.7 Å². The molecule has 0 saturated carbocycles. The van der Waals surface area contributed by atoms with Crippen molar-refractivity contribution in [3.63, 3.8) is 0 Å². The average molecular weight is 208 g/mol. The third-order valence-electron chi connectivity index (χ3n) is 1.53. The van der Waals surface area contributed by atoms with E-state index in [1.807, 2.05) is 23.5 Å². The highest BCUT2D eigenvalue weighted by atomic mass is 16.5. The predicted octanol–water partition coefficient (Wildman–Crippen LogP) is 1.16. The standard InChI is InChI=1S/C10H10NO4/c12-9(13)6-11-10(14)15-7-8-4-2-1-3-5-8/h1-6H,7H2,(H,11,14)(H,12,13). The molecule has 0 bridgehead atoms. The molecule has 0 heterocycles. The summed E-state index contributed by atoms with van der Waals surface area (Å²) in [6, 6.07) is 9.09. The van der Waals surface area contributed by atoms with Crippen molar-refractivity contribution in [1.29, 1.82) is 0 Å². The van der Waals surface area contributed by atoms with Crippen molar-refractivity contribution in [2.24, 2.45) is 0 Å². The lowest BCUT2D eigenvalue weighted by molar-refractivity contribution is -0.133. The van der Waals surface area contributed by atoms with Crippen LogP contribution < -0.4 is 5.32 Å². The minimum Gasteiger partial charge on any atom is -0.480 e. The quantitative estimate of drug-likeness (QED) is 0.778. The van der Waals surface area contributed by atoms with E-state index in [9.17, 15) is 9.59 Å². The van der Waals surface area contributed by atoms with Gasteiger partial charge >= 0.3 is 12.1 Å². The summed E-state index contributed by atoms with van der Waals surface area (Å²) in [7, 11) is 0. The minimum atomic E-state index is -1.23. The molecule has 0 atom stereocenters. The van der Waals surface area contributed by atoms with Gasteiger partial charge in [0.05, 0.1) is 0 Å². The fraction of sp³-hybridized carbons (Fsp3) is 0.100. The molecule has 0 unspecified atom stereocenters. The predicted molar refractivity (Wildman–Crippen MR) is 51.7 cm³/mol. The molecule has 1 rings (SSSR count). The number of amides is 1. The van der Waals surface area contributed by atoms with Gasteiger partial charge in [-0.2, -0.15) is 0 Å². The first-order valence-electron chi connectivity index (χ1n) is 4.22. The Morgan fingerprint density at radius 3 is 2.60 bits per heavy atom. The Kier molecular flexibility index (Phi) is 4.15. The summed E-state index contributed by atoms with van der Waals surface area (Å²) in [5.41, 5.74) is 0.836. The van der Waals surface area contributed by atoms with Gasteiger partial charge in [0.1, 0.15) is 6.61 Å². The van der Waals surface area contributed by atoms with E-state index < -0.39 is 12.1 Å². The van der Waals surface area contributed by atoms with Crippen molar-refractivity contribution in [2.45, 2.75) is 6.61 Å². The van der Waals surface area contributed by atoms with Gasteiger partial charge in [0.15, 0.2) is 6.54 Å². The number of nitrogens with one attached hydrogen (secondary N) is 1. The number of ether oxygens (including phenoxy) is 1. The van der Waals surface area contributed by atoms with Crippen molar-refractivity contribution in [2.75, 3.05) is 0 Å². The van der Waals surface area contributed by atoms with Gasteiger partial charge in [0.2, 0.25) is 0 Å². The van der Waals surface area contributed by atoms with Crippen molar-refractivity contribution >= 4 is 12.1 Å². The van der Waals surface area contributed by atoms with Crippen LogP contribution >= 0.6 is 0 Å². The number of carboxylic acids is 1. The second-order valence-corrected chi connectivity index (χ2v) is 2.69. The fourth-order valence-electron chi connectivity index (χ4n) is 0.885. The van der Waals surface area contributed by atoms with Crippen LogP contribution in [0.15, 0.2) is 30.3 Å².